The first-order chi connectivity index (χ1) is 8.08. The number of thiol groups is 1. The molecule has 2 nitrogen and oxygen atoms in total. The van der Waals surface area contributed by atoms with E-state index in [1.54, 1.807) is 7.11 Å². The van der Waals surface area contributed by atoms with Crippen LogP contribution in [0.2, 0.25) is 0 Å². The van der Waals surface area contributed by atoms with Crippen molar-refractivity contribution in [2.45, 2.75) is 44.6 Å². The van der Waals surface area contributed by atoms with E-state index < -0.39 is 0 Å². The molecular weight excluding hydrogens is 230 g/mol. The lowest BCUT2D eigenvalue weighted by molar-refractivity contribution is 0.413. The lowest BCUT2D eigenvalue weighted by Gasteiger charge is -2.06. The van der Waals surface area contributed by atoms with Gasteiger partial charge >= 0.3 is 0 Å². The van der Waals surface area contributed by atoms with E-state index in [9.17, 15) is 0 Å². The Morgan fingerprint density at radius 3 is 2.12 bits per heavy atom. The SMILES string of the molecule is CCNC1CC1.COc1cc(C)c(S)c(C)c1. The maximum Gasteiger partial charge on any atom is 0.119 e. The molecule has 0 bridgehead atoms. The molecule has 1 fully saturated rings. The van der Waals surface area contributed by atoms with Crippen molar-refractivity contribution in [3.8, 4) is 5.75 Å². The summed E-state index contributed by atoms with van der Waals surface area (Å²) in [7, 11) is 1.67. The van der Waals surface area contributed by atoms with Crippen molar-refractivity contribution >= 4 is 12.6 Å². The van der Waals surface area contributed by atoms with Crippen LogP contribution in [0.25, 0.3) is 0 Å². The Balaban J connectivity index is 0.000000202. The summed E-state index contributed by atoms with van der Waals surface area (Å²) in [4.78, 5) is 1.05. The van der Waals surface area contributed by atoms with Crippen molar-refractivity contribution in [3.63, 3.8) is 0 Å². The third-order valence-electron chi connectivity index (χ3n) is 2.77. The van der Waals surface area contributed by atoms with Gasteiger partial charge < -0.3 is 10.1 Å². The summed E-state index contributed by atoms with van der Waals surface area (Å²) < 4.78 is 5.10. The van der Waals surface area contributed by atoms with Crippen molar-refractivity contribution < 1.29 is 4.74 Å². The molecule has 0 amide bonds. The Morgan fingerprint density at radius 1 is 1.29 bits per heavy atom. The van der Waals surface area contributed by atoms with E-state index in [0.29, 0.717) is 0 Å². The number of hydrogen-bond donors (Lipinski definition) is 2. The van der Waals surface area contributed by atoms with Crippen LogP contribution in [-0.4, -0.2) is 19.7 Å². The molecule has 1 aliphatic rings. The van der Waals surface area contributed by atoms with Crippen LogP contribution < -0.4 is 10.1 Å². The molecule has 1 saturated carbocycles. The molecule has 0 unspecified atom stereocenters. The van der Waals surface area contributed by atoms with Crippen molar-refractivity contribution in [2.24, 2.45) is 0 Å². The first kappa shape index (κ1) is 14.4. The fraction of sp³-hybridized carbons (Fsp3) is 0.571. The van der Waals surface area contributed by atoms with Gasteiger partial charge in [-0.2, -0.15) is 0 Å². The molecule has 0 aromatic heterocycles. The number of nitrogens with one attached hydrogen (secondary N) is 1. The fourth-order valence-electron chi connectivity index (χ4n) is 1.61. The van der Waals surface area contributed by atoms with E-state index in [4.69, 9.17) is 4.74 Å². The van der Waals surface area contributed by atoms with Crippen LogP contribution >= 0.6 is 12.6 Å². The second kappa shape index (κ2) is 6.92. The highest BCUT2D eigenvalue weighted by Gasteiger charge is 2.18. The van der Waals surface area contributed by atoms with E-state index in [0.717, 1.165) is 34.4 Å². The Kier molecular flexibility index (Phi) is 5.86. The summed E-state index contributed by atoms with van der Waals surface area (Å²) in [6, 6.07) is 4.86. The van der Waals surface area contributed by atoms with Crippen LogP contribution in [0.5, 0.6) is 5.75 Å². The molecule has 1 aromatic rings. The van der Waals surface area contributed by atoms with E-state index in [-0.39, 0.29) is 0 Å². The molecule has 3 heteroatoms. The maximum atomic E-state index is 5.10. The molecule has 0 heterocycles. The molecular formula is C14H23NOS. The fourth-order valence-corrected chi connectivity index (χ4v) is 1.74. The molecule has 1 aromatic carbocycles. The number of rotatable bonds is 3. The normalized spacial score (nSPS) is 13.9. The zero-order chi connectivity index (χ0) is 12.8. The van der Waals surface area contributed by atoms with Gasteiger partial charge in [-0.15, -0.1) is 12.6 Å². The van der Waals surface area contributed by atoms with Gasteiger partial charge in [0.05, 0.1) is 7.11 Å². The predicted octanol–water partition coefficient (Wildman–Crippen LogP) is 3.36. The second-order valence-electron chi connectivity index (χ2n) is 4.44. The summed E-state index contributed by atoms with van der Waals surface area (Å²) >= 11 is 4.34. The van der Waals surface area contributed by atoms with Gasteiger partial charge in [-0.3, -0.25) is 0 Å². The number of aryl methyl sites for hydroxylation is 2. The number of methoxy groups -OCH3 is 1. The minimum Gasteiger partial charge on any atom is -0.497 e. The zero-order valence-electron chi connectivity index (χ0n) is 11.2. The van der Waals surface area contributed by atoms with Gasteiger partial charge in [0.1, 0.15) is 5.75 Å². The minimum absolute atomic E-state index is 0.898. The van der Waals surface area contributed by atoms with Crippen LogP contribution in [-0.2, 0) is 0 Å². The number of ether oxygens (including phenoxy) is 1. The topological polar surface area (TPSA) is 21.3 Å². The first-order valence-electron chi connectivity index (χ1n) is 6.16. The van der Waals surface area contributed by atoms with Crippen LogP contribution in [0, 0.1) is 13.8 Å². The van der Waals surface area contributed by atoms with Crippen molar-refractivity contribution in [2.75, 3.05) is 13.7 Å². The molecule has 0 spiro atoms. The van der Waals surface area contributed by atoms with Crippen molar-refractivity contribution in [1.82, 2.24) is 5.32 Å². The van der Waals surface area contributed by atoms with Crippen molar-refractivity contribution in [1.29, 1.82) is 0 Å². The zero-order valence-corrected chi connectivity index (χ0v) is 12.1. The minimum atomic E-state index is 0.898. The predicted molar refractivity (Wildman–Crippen MR) is 76.4 cm³/mol. The molecule has 0 atom stereocenters. The molecule has 17 heavy (non-hydrogen) atoms. The molecule has 0 saturated heterocycles. The maximum absolute atomic E-state index is 5.10. The lowest BCUT2D eigenvalue weighted by Crippen LogP contribution is -2.14. The number of benzene rings is 1. The lowest BCUT2D eigenvalue weighted by atomic mass is 10.1. The summed E-state index contributed by atoms with van der Waals surface area (Å²) in [5.41, 5.74) is 2.32. The van der Waals surface area contributed by atoms with Gasteiger partial charge in [0.15, 0.2) is 0 Å². The average Bonchev–Trinajstić information content (AvgIpc) is 3.10. The summed E-state index contributed by atoms with van der Waals surface area (Å²) in [6.45, 7) is 7.35. The standard InChI is InChI=1S/C9H12OS.C5H11N/c1-6-4-8(10-3)5-7(2)9(6)11;1-2-6-5-3-4-5/h4-5,11H,1-3H3;5-6H,2-4H2,1H3. The molecule has 2 rings (SSSR count). The molecule has 0 radical (unpaired) electrons. The van der Waals surface area contributed by atoms with Crippen molar-refractivity contribution in [3.05, 3.63) is 23.3 Å². The first-order valence-corrected chi connectivity index (χ1v) is 6.60. The van der Waals surface area contributed by atoms with Crippen LogP contribution in [0.4, 0.5) is 0 Å². The smallest absolute Gasteiger partial charge is 0.119 e. The summed E-state index contributed by atoms with van der Waals surface area (Å²) in [5.74, 6) is 0.901. The second-order valence-corrected chi connectivity index (χ2v) is 4.89. The van der Waals surface area contributed by atoms with Gasteiger partial charge in [-0.1, -0.05) is 6.92 Å². The highest BCUT2D eigenvalue weighted by atomic mass is 32.1. The summed E-state index contributed by atoms with van der Waals surface area (Å²) in [6.07, 6.45) is 2.82. The van der Waals surface area contributed by atoms with Gasteiger partial charge in [0, 0.05) is 10.9 Å². The van der Waals surface area contributed by atoms with E-state index in [1.807, 2.05) is 26.0 Å². The Labute approximate surface area is 110 Å². The highest BCUT2D eigenvalue weighted by Crippen LogP contribution is 2.23. The Bertz CT molecular complexity index is 338. The monoisotopic (exact) mass is 253 g/mol. The largest absolute Gasteiger partial charge is 0.497 e. The van der Waals surface area contributed by atoms with Gasteiger partial charge in [0.25, 0.3) is 0 Å². The van der Waals surface area contributed by atoms with Crippen LogP contribution in [0.3, 0.4) is 0 Å². The van der Waals surface area contributed by atoms with E-state index in [2.05, 4.69) is 24.9 Å². The highest BCUT2D eigenvalue weighted by molar-refractivity contribution is 7.80. The molecule has 1 aliphatic carbocycles. The number of hydrogen-bond acceptors (Lipinski definition) is 3. The summed E-state index contributed by atoms with van der Waals surface area (Å²) in [5, 5.41) is 3.32. The van der Waals surface area contributed by atoms with Crippen LogP contribution in [0.1, 0.15) is 30.9 Å². The van der Waals surface area contributed by atoms with Gasteiger partial charge in [-0.25, -0.2) is 0 Å². The van der Waals surface area contributed by atoms with Crippen LogP contribution in [0.15, 0.2) is 17.0 Å². The molecule has 96 valence electrons. The van der Waals surface area contributed by atoms with Gasteiger partial charge in [-0.05, 0) is 56.5 Å². The van der Waals surface area contributed by atoms with E-state index >= 15 is 0 Å². The van der Waals surface area contributed by atoms with Gasteiger partial charge in [0.2, 0.25) is 0 Å². The Morgan fingerprint density at radius 2 is 1.82 bits per heavy atom. The quantitative estimate of drug-likeness (QED) is 0.806. The molecule has 1 N–H and O–H groups in total. The third-order valence-corrected chi connectivity index (χ3v) is 3.48. The molecule has 0 aliphatic heterocycles. The van der Waals surface area contributed by atoms with E-state index in [1.165, 1.54) is 12.8 Å². The average molecular weight is 253 g/mol. The third kappa shape index (κ3) is 5.00. The Hall–Kier alpha value is -0.670.